The highest BCUT2D eigenvalue weighted by molar-refractivity contribution is 7.98. The lowest BCUT2D eigenvalue weighted by Gasteiger charge is -2.11. The SMILES string of the molecule is CCC(C)c1ccc(NCc2ccc(SC)cc2)cc1. The van der Waals surface area contributed by atoms with Gasteiger partial charge in [-0.3, -0.25) is 0 Å². The number of benzene rings is 2. The Bertz CT molecular complexity index is 516. The zero-order valence-corrected chi connectivity index (χ0v) is 13.3. The lowest BCUT2D eigenvalue weighted by Crippen LogP contribution is -1.99. The van der Waals surface area contributed by atoms with E-state index in [9.17, 15) is 0 Å². The normalized spacial score (nSPS) is 12.2. The van der Waals surface area contributed by atoms with Crippen LogP contribution in [0.4, 0.5) is 5.69 Å². The van der Waals surface area contributed by atoms with Gasteiger partial charge in [-0.05, 0) is 54.0 Å². The fourth-order valence-electron chi connectivity index (χ4n) is 2.11. The molecule has 0 spiro atoms. The van der Waals surface area contributed by atoms with Gasteiger partial charge in [0.1, 0.15) is 0 Å². The van der Waals surface area contributed by atoms with E-state index in [-0.39, 0.29) is 0 Å². The van der Waals surface area contributed by atoms with Crippen LogP contribution < -0.4 is 5.32 Å². The molecule has 0 aliphatic carbocycles. The molecule has 0 heterocycles. The van der Waals surface area contributed by atoms with Crippen LogP contribution in [-0.2, 0) is 6.54 Å². The van der Waals surface area contributed by atoms with Crippen molar-refractivity contribution in [3.8, 4) is 0 Å². The van der Waals surface area contributed by atoms with Crippen LogP contribution in [0, 0.1) is 0 Å². The Morgan fingerprint density at radius 1 is 1.00 bits per heavy atom. The third-order valence-corrected chi connectivity index (χ3v) is 4.49. The van der Waals surface area contributed by atoms with Crippen LogP contribution >= 0.6 is 11.8 Å². The van der Waals surface area contributed by atoms with Crippen molar-refractivity contribution < 1.29 is 0 Å². The summed E-state index contributed by atoms with van der Waals surface area (Å²) in [5, 5.41) is 3.48. The number of hydrogen-bond acceptors (Lipinski definition) is 2. The summed E-state index contributed by atoms with van der Waals surface area (Å²) in [5.41, 5.74) is 3.92. The minimum Gasteiger partial charge on any atom is -0.381 e. The van der Waals surface area contributed by atoms with E-state index in [0.717, 1.165) is 6.54 Å². The first-order valence-corrected chi connectivity index (χ1v) is 8.42. The predicted molar refractivity (Wildman–Crippen MR) is 90.7 cm³/mol. The summed E-state index contributed by atoms with van der Waals surface area (Å²) in [6, 6.07) is 17.5. The molecule has 1 nitrogen and oxygen atoms in total. The van der Waals surface area contributed by atoms with Gasteiger partial charge in [0.25, 0.3) is 0 Å². The molecule has 0 aliphatic rings. The Kier molecular flexibility index (Phi) is 5.54. The maximum atomic E-state index is 3.48. The molecule has 2 heteroatoms. The van der Waals surface area contributed by atoms with Crippen LogP contribution in [0.3, 0.4) is 0 Å². The molecule has 0 saturated heterocycles. The fraction of sp³-hybridized carbons (Fsp3) is 0.333. The van der Waals surface area contributed by atoms with Gasteiger partial charge in [0.05, 0.1) is 0 Å². The molecule has 0 fully saturated rings. The number of thioether (sulfide) groups is 1. The number of hydrogen-bond donors (Lipinski definition) is 1. The summed E-state index contributed by atoms with van der Waals surface area (Å²) < 4.78 is 0. The molecule has 1 unspecified atom stereocenters. The zero-order chi connectivity index (χ0) is 14.4. The van der Waals surface area contributed by atoms with Crippen LogP contribution in [0.5, 0.6) is 0 Å². The molecular weight excluding hydrogens is 262 g/mol. The van der Waals surface area contributed by atoms with Crippen LogP contribution in [0.15, 0.2) is 53.4 Å². The Labute approximate surface area is 126 Å². The van der Waals surface area contributed by atoms with Gasteiger partial charge in [-0.2, -0.15) is 0 Å². The Morgan fingerprint density at radius 2 is 1.65 bits per heavy atom. The maximum absolute atomic E-state index is 3.48. The fourth-order valence-corrected chi connectivity index (χ4v) is 2.52. The van der Waals surface area contributed by atoms with Crippen molar-refractivity contribution in [2.24, 2.45) is 0 Å². The first-order chi connectivity index (χ1) is 9.72. The van der Waals surface area contributed by atoms with Crippen molar-refractivity contribution in [3.05, 3.63) is 59.7 Å². The topological polar surface area (TPSA) is 12.0 Å². The number of anilines is 1. The summed E-state index contributed by atoms with van der Waals surface area (Å²) in [6.45, 7) is 5.38. The summed E-state index contributed by atoms with van der Waals surface area (Å²) in [7, 11) is 0. The molecule has 0 radical (unpaired) electrons. The molecule has 0 saturated carbocycles. The monoisotopic (exact) mass is 285 g/mol. The quantitative estimate of drug-likeness (QED) is 0.700. The number of rotatable bonds is 6. The van der Waals surface area contributed by atoms with E-state index < -0.39 is 0 Å². The predicted octanol–water partition coefficient (Wildman–Crippen LogP) is 5.53. The Morgan fingerprint density at radius 3 is 2.20 bits per heavy atom. The second-order valence-electron chi connectivity index (χ2n) is 5.13. The van der Waals surface area contributed by atoms with Crippen molar-refractivity contribution in [3.63, 3.8) is 0 Å². The van der Waals surface area contributed by atoms with E-state index in [0.29, 0.717) is 5.92 Å². The van der Waals surface area contributed by atoms with Crippen LogP contribution in [0.2, 0.25) is 0 Å². The largest absolute Gasteiger partial charge is 0.381 e. The molecule has 2 aromatic carbocycles. The second kappa shape index (κ2) is 7.39. The summed E-state index contributed by atoms with van der Waals surface area (Å²) >= 11 is 1.78. The molecule has 0 aliphatic heterocycles. The molecule has 0 bridgehead atoms. The van der Waals surface area contributed by atoms with Gasteiger partial charge in [0, 0.05) is 17.1 Å². The van der Waals surface area contributed by atoms with E-state index >= 15 is 0 Å². The molecule has 106 valence electrons. The Balaban J connectivity index is 1.93. The van der Waals surface area contributed by atoms with E-state index in [1.807, 2.05) is 0 Å². The minimum absolute atomic E-state index is 0.642. The van der Waals surface area contributed by atoms with Gasteiger partial charge < -0.3 is 5.32 Å². The van der Waals surface area contributed by atoms with Gasteiger partial charge in [-0.1, -0.05) is 38.1 Å². The smallest absolute Gasteiger partial charge is 0.0400 e. The highest BCUT2D eigenvalue weighted by atomic mass is 32.2. The molecule has 1 atom stereocenters. The van der Waals surface area contributed by atoms with Crippen molar-refractivity contribution in [1.29, 1.82) is 0 Å². The zero-order valence-electron chi connectivity index (χ0n) is 12.5. The summed E-state index contributed by atoms with van der Waals surface area (Å²) in [5.74, 6) is 0.642. The van der Waals surface area contributed by atoms with Crippen LogP contribution in [0.1, 0.15) is 37.3 Å². The molecule has 20 heavy (non-hydrogen) atoms. The molecule has 2 rings (SSSR count). The van der Waals surface area contributed by atoms with Crippen molar-refractivity contribution in [2.45, 2.75) is 37.6 Å². The third kappa shape index (κ3) is 4.04. The van der Waals surface area contributed by atoms with E-state index in [1.165, 1.54) is 28.1 Å². The van der Waals surface area contributed by atoms with E-state index in [4.69, 9.17) is 0 Å². The third-order valence-electron chi connectivity index (χ3n) is 3.75. The highest BCUT2D eigenvalue weighted by Crippen LogP contribution is 2.21. The molecule has 0 amide bonds. The van der Waals surface area contributed by atoms with Crippen LogP contribution in [-0.4, -0.2) is 6.26 Å². The van der Waals surface area contributed by atoms with Gasteiger partial charge >= 0.3 is 0 Å². The molecular formula is C18H23NS. The van der Waals surface area contributed by atoms with Crippen LogP contribution in [0.25, 0.3) is 0 Å². The van der Waals surface area contributed by atoms with Gasteiger partial charge in [0.15, 0.2) is 0 Å². The average Bonchev–Trinajstić information content (AvgIpc) is 2.53. The number of nitrogens with one attached hydrogen (secondary N) is 1. The lowest BCUT2D eigenvalue weighted by molar-refractivity contribution is 0.734. The standard InChI is InChI=1S/C18H23NS/c1-4-14(2)16-7-9-17(10-8-16)19-13-15-5-11-18(20-3)12-6-15/h5-12,14,19H,4,13H2,1-3H3. The summed E-state index contributed by atoms with van der Waals surface area (Å²) in [6.07, 6.45) is 3.29. The lowest BCUT2D eigenvalue weighted by atomic mass is 9.99. The Hall–Kier alpha value is -1.41. The van der Waals surface area contributed by atoms with E-state index in [2.05, 4.69) is 74.0 Å². The van der Waals surface area contributed by atoms with Crippen molar-refractivity contribution >= 4 is 17.4 Å². The second-order valence-corrected chi connectivity index (χ2v) is 6.01. The first kappa shape index (κ1) is 15.0. The van der Waals surface area contributed by atoms with E-state index in [1.54, 1.807) is 11.8 Å². The van der Waals surface area contributed by atoms with Gasteiger partial charge in [-0.15, -0.1) is 11.8 Å². The molecule has 1 N–H and O–H groups in total. The summed E-state index contributed by atoms with van der Waals surface area (Å²) in [4.78, 5) is 1.31. The minimum atomic E-state index is 0.642. The van der Waals surface area contributed by atoms with Gasteiger partial charge in [0.2, 0.25) is 0 Å². The average molecular weight is 285 g/mol. The van der Waals surface area contributed by atoms with Gasteiger partial charge in [-0.25, -0.2) is 0 Å². The molecule has 0 aromatic heterocycles. The first-order valence-electron chi connectivity index (χ1n) is 7.19. The van der Waals surface area contributed by atoms with Crippen molar-refractivity contribution in [1.82, 2.24) is 0 Å². The molecule has 2 aromatic rings. The van der Waals surface area contributed by atoms with Crippen molar-refractivity contribution in [2.75, 3.05) is 11.6 Å². The maximum Gasteiger partial charge on any atom is 0.0400 e. The highest BCUT2D eigenvalue weighted by Gasteiger charge is 2.02.